The van der Waals surface area contributed by atoms with E-state index in [1.54, 1.807) is 0 Å². The van der Waals surface area contributed by atoms with Crippen LogP contribution in [0.2, 0.25) is 5.15 Å². The molecule has 2 heterocycles. The lowest BCUT2D eigenvalue weighted by molar-refractivity contribution is 0.294. The van der Waals surface area contributed by atoms with E-state index in [2.05, 4.69) is 43.0 Å². The first-order valence-electron chi connectivity index (χ1n) is 6.29. The van der Waals surface area contributed by atoms with E-state index >= 15 is 0 Å². The highest BCUT2D eigenvalue weighted by molar-refractivity contribution is 9.10. The predicted molar refractivity (Wildman–Crippen MR) is 78.1 cm³/mol. The van der Waals surface area contributed by atoms with Gasteiger partial charge in [-0.1, -0.05) is 18.5 Å². The second kappa shape index (κ2) is 6.68. The first kappa shape index (κ1) is 14.0. The Morgan fingerprint density at radius 2 is 2.17 bits per heavy atom. The molecule has 0 bridgehead atoms. The van der Waals surface area contributed by atoms with Crippen LogP contribution in [-0.2, 0) is 0 Å². The zero-order valence-corrected chi connectivity index (χ0v) is 12.8. The van der Waals surface area contributed by atoms with Crippen molar-refractivity contribution in [2.45, 2.75) is 19.8 Å². The van der Waals surface area contributed by atoms with Crippen molar-refractivity contribution in [1.82, 2.24) is 14.9 Å². The zero-order valence-electron chi connectivity index (χ0n) is 10.5. The van der Waals surface area contributed by atoms with E-state index < -0.39 is 0 Å². The Hall–Kier alpha value is -0.390. The highest BCUT2D eigenvalue weighted by atomic mass is 79.9. The Labute approximate surface area is 121 Å². The number of anilines is 1. The molecule has 1 aromatic rings. The van der Waals surface area contributed by atoms with Gasteiger partial charge in [-0.25, -0.2) is 9.97 Å². The summed E-state index contributed by atoms with van der Waals surface area (Å²) in [5.41, 5.74) is 0. The lowest BCUT2D eigenvalue weighted by Gasteiger charge is -2.20. The molecule has 0 radical (unpaired) electrons. The summed E-state index contributed by atoms with van der Waals surface area (Å²) >= 11 is 9.31. The molecule has 6 heteroatoms. The van der Waals surface area contributed by atoms with Gasteiger partial charge in [0.2, 0.25) is 0 Å². The molecule has 0 aromatic carbocycles. The lowest BCUT2D eigenvalue weighted by Crippen LogP contribution is -2.29. The van der Waals surface area contributed by atoms with E-state index in [9.17, 15) is 0 Å². The number of likely N-dealkylation sites (tertiary alicyclic amines) is 1. The summed E-state index contributed by atoms with van der Waals surface area (Å²) in [4.78, 5) is 10.6. The van der Waals surface area contributed by atoms with Crippen molar-refractivity contribution in [3.63, 3.8) is 0 Å². The average Bonchev–Trinajstić information content (AvgIpc) is 2.84. The van der Waals surface area contributed by atoms with Crippen molar-refractivity contribution in [2.75, 3.05) is 31.5 Å². The van der Waals surface area contributed by atoms with Gasteiger partial charge in [-0.15, -0.1) is 0 Å². The van der Waals surface area contributed by atoms with Crippen molar-refractivity contribution in [3.05, 3.63) is 16.0 Å². The standard InChI is InChI=1S/C12H18BrClN4/c1-9(7-18-4-2-3-5-18)6-15-12-10(13)11(14)16-8-17-12/h8-9H,2-7H2,1H3,(H,15,16,17). The summed E-state index contributed by atoms with van der Waals surface area (Å²) < 4.78 is 0.736. The van der Waals surface area contributed by atoms with Crippen LogP contribution < -0.4 is 5.32 Å². The number of rotatable bonds is 5. The van der Waals surface area contributed by atoms with Crippen molar-refractivity contribution in [1.29, 1.82) is 0 Å². The van der Waals surface area contributed by atoms with Gasteiger partial charge in [0.05, 0.1) is 4.47 Å². The fourth-order valence-corrected chi connectivity index (χ4v) is 2.69. The van der Waals surface area contributed by atoms with Crippen LogP contribution in [0.3, 0.4) is 0 Å². The van der Waals surface area contributed by atoms with Crippen LogP contribution >= 0.6 is 27.5 Å². The molecule has 1 aliphatic heterocycles. The summed E-state index contributed by atoms with van der Waals surface area (Å²) in [5, 5.41) is 3.76. The molecule has 1 atom stereocenters. The largest absolute Gasteiger partial charge is 0.369 e. The van der Waals surface area contributed by atoms with Crippen LogP contribution in [0, 0.1) is 5.92 Å². The molecular weight excluding hydrogens is 316 g/mol. The molecule has 1 fully saturated rings. The molecule has 0 amide bonds. The smallest absolute Gasteiger partial charge is 0.148 e. The van der Waals surface area contributed by atoms with Crippen molar-refractivity contribution in [2.24, 2.45) is 5.92 Å². The second-order valence-electron chi connectivity index (χ2n) is 4.82. The molecule has 18 heavy (non-hydrogen) atoms. The SMILES string of the molecule is CC(CNc1ncnc(Cl)c1Br)CN1CCCC1. The highest BCUT2D eigenvalue weighted by Gasteiger charge is 2.15. The van der Waals surface area contributed by atoms with E-state index in [0.717, 1.165) is 23.4 Å². The minimum absolute atomic E-state index is 0.444. The van der Waals surface area contributed by atoms with Gasteiger partial charge in [0.25, 0.3) is 0 Å². The normalized spacial score (nSPS) is 17.9. The summed E-state index contributed by atoms with van der Waals surface area (Å²) in [5.74, 6) is 1.35. The van der Waals surface area contributed by atoms with Gasteiger partial charge in [0, 0.05) is 13.1 Å². The number of nitrogens with zero attached hydrogens (tertiary/aromatic N) is 3. The minimum atomic E-state index is 0.444. The van der Waals surface area contributed by atoms with E-state index in [1.807, 2.05) is 0 Å². The maximum atomic E-state index is 5.92. The molecule has 1 N–H and O–H groups in total. The van der Waals surface area contributed by atoms with Gasteiger partial charge in [-0.05, 0) is 47.8 Å². The summed E-state index contributed by atoms with van der Waals surface area (Å²) in [6, 6.07) is 0. The summed E-state index contributed by atoms with van der Waals surface area (Å²) in [6.45, 7) is 6.77. The van der Waals surface area contributed by atoms with E-state index in [-0.39, 0.29) is 0 Å². The van der Waals surface area contributed by atoms with Gasteiger partial charge >= 0.3 is 0 Å². The third-order valence-electron chi connectivity index (χ3n) is 3.13. The fourth-order valence-electron chi connectivity index (χ4n) is 2.21. The molecule has 2 rings (SSSR count). The Morgan fingerprint density at radius 1 is 1.44 bits per heavy atom. The highest BCUT2D eigenvalue weighted by Crippen LogP contribution is 2.26. The monoisotopic (exact) mass is 332 g/mol. The number of aromatic nitrogens is 2. The maximum absolute atomic E-state index is 5.92. The molecule has 4 nitrogen and oxygen atoms in total. The second-order valence-corrected chi connectivity index (χ2v) is 5.97. The van der Waals surface area contributed by atoms with Crippen LogP contribution in [0.25, 0.3) is 0 Å². The molecule has 100 valence electrons. The molecule has 1 aliphatic rings. The number of hydrogen-bond acceptors (Lipinski definition) is 4. The first-order valence-corrected chi connectivity index (χ1v) is 7.46. The number of hydrogen-bond donors (Lipinski definition) is 1. The van der Waals surface area contributed by atoms with Gasteiger partial charge < -0.3 is 10.2 Å². The summed E-state index contributed by atoms with van der Waals surface area (Å²) in [6.07, 6.45) is 4.15. The van der Waals surface area contributed by atoms with Crippen molar-refractivity contribution >= 4 is 33.3 Å². The molecule has 1 unspecified atom stereocenters. The molecule has 1 saturated heterocycles. The van der Waals surface area contributed by atoms with Crippen LogP contribution in [0.1, 0.15) is 19.8 Å². The Kier molecular flexibility index (Phi) is 5.21. The van der Waals surface area contributed by atoms with Crippen molar-refractivity contribution in [3.8, 4) is 0 Å². The third kappa shape index (κ3) is 3.80. The number of nitrogens with one attached hydrogen (secondary N) is 1. The van der Waals surface area contributed by atoms with Gasteiger partial charge in [-0.3, -0.25) is 0 Å². The molecular formula is C12H18BrClN4. The maximum Gasteiger partial charge on any atom is 0.148 e. The fraction of sp³-hybridized carbons (Fsp3) is 0.667. The van der Waals surface area contributed by atoms with E-state index in [1.165, 1.54) is 32.3 Å². The van der Waals surface area contributed by atoms with Crippen LogP contribution in [0.4, 0.5) is 5.82 Å². The molecule has 0 aliphatic carbocycles. The average molecular weight is 334 g/mol. The Balaban J connectivity index is 1.81. The quantitative estimate of drug-likeness (QED) is 0.841. The zero-order chi connectivity index (χ0) is 13.0. The topological polar surface area (TPSA) is 41.1 Å². The molecule has 0 spiro atoms. The minimum Gasteiger partial charge on any atom is -0.369 e. The van der Waals surface area contributed by atoms with Crippen LogP contribution in [0.5, 0.6) is 0 Å². The van der Waals surface area contributed by atoms with Crippen LogP contribution in [0.15, 0.2) is 10.8 Å². The Morgan fingerprint density at radius 3 is 2.89 bits per heavy atom. The first-order chi connectivity index (χ1) is 8.66. The van der Waals surface area contributed by atoms with E-state index in [0.29, 0.717) is 11.1 Å². The summed E-state index contributed by atoms with van der Waals surface area (Å²) in [7, 11) is 0. The lowest BCUT2D eigenvalue weighted by atomic mass is 10.1. The van der Waals surface area contributed by atoms with Crippen LogP contribution in [-0.4, -0.2) is 41.0 Å². The molecule has 1 aromatic heterocycles. The van der Waals surface area contributed by atoms with Gasteiger partial charge in [-0.2, -0.15) is 0 Å². The van der Waals surface area contributed by atoms with Gasteiger partial charge in [0.1, 0.15) is 17.3 Å². The molecule has 0 saturated carbocycles. The van der Waals surface area contributed by atoms with E-state index in [4.69, 9.17) is 11.6 Å². The van der Waals surface area contributed by atoms with Gasteiger partial charge in [0.15, 0.2) is 0 Å². The van der Waals surface area contributed by atoms with Crippen molar-refractivity contribution < 1.29 is 0 Å². The predicted octanol–water partition coefficient (Wildman–Crippen LogP) is 3.04. The number of halogens is 2. The Bertz CT molecular complexity index is 396. The third-order valence-corrected chi connectivity index (χ3v) is 4.40.